The maximum Gasteiger partial charge on any atom is 0.337 e. The van der Waals surface area contributed by atoms with E-state index < -0.39 is 27.8 Å². The van der Waals surface area contributed by atoms with E-state index in [1.807, 2.05) is 6.92 Å². The summed E-state index contributed by atoms with van der Waals surface area (Å²) in [6.07, 6.45) is -1.19. The topological polar surface area (TPSA) is 69.7 Å². The van der Waals surface area contributed by atoms with E-state index in [1.165, 1.54) is 19.1 Å². The van der Waals surface area contributed by atoms with Crippen LogP contribution in [0.5, 0.6) is 0 Å². The zero-order chi connectivity index (χ0) is 15.6. The van der Waals surface area contributed by atoms with Crippen molar-refractivity contribution in [2.75, 3.05) is 0 Å². The van der Waals surface area contributed by atoms with Crippen LogP contribution in [0.25, 0.3) is 0 Å². The van der Waals surface area contributed by atoms with Crippen molar-refractivity contribution >= 4 is 16.1 Å². The van der Waals surface area contributed by atoms with E-state index in [0.717, 1.165) is 5.56 Å². The van der Waals surface area contributed by atoms with Crippen LogP contribution in [-0.2, 0) is 23.8 Å². The normalized spacial score (nSPS) is 13.8. The number of aryl methyl sites for hydroxylation is 1. The fraction of sp³-hybridized carbons (Fsp3) is 0.500. The Morgan fingerprint density at radius 2 is 1.65 bits per heavy atom. The molecule has 0 aliphatic heterocycles. The van der Waals surface area contributed by atoms with E-state index in [-0.39, 0.29) is 4.90 Å². The quantitative estimate of drug-likeness (QED) is 0.631. The van der Waals surface area contributed by atoms with E-state index in [2.05, 4.69) is 0 Å². The molecule has 0 aromatic heterocycles. The van der Waals surface area contributed by atoms with Gasteiger partial charge in [-0.15, -0.1) is 0 Å². The number of hydrogen-bond donors (Lipinski definition) is 0. The van der Waals surface area contributed by atoms with Crippen molar-refractivity contribution in [3.8, 4) is 0 Å². The van der Waals surface area contributed by atoms with Crippen LogP contribution in [0.3, 0.4) is 0 Å². The molecule has 1 aromatic carbocycles. The molecule has 0 saturated heterocycles. The Bertz CT molecular complexity index is 567. The van der Waals surface area contributed by atoms with Crippen molar-refractivity contribution in [1.29, 1.82) is 0 Å². The highest BCUT2D eigenvalue weighted by Crippen LogP contribution is 2.17. The van der Waals surface area contributed by atoms with E-state index in [0.29, 0.717) is 0 Å². The summed E-state index contributed by atoms with van der Waals surface area (Å²) in [7, 11) is -3.98. The van der Waals surface area contributed by atoms with Gasteiger partial charge in [-0.3, -0.25) is 4.18 Å². The highest BCUT2D eigenvalue weighted by atomic mass is 32.2. The molecule has 0 spiro atoms. The molecule has 0 radical (unpaired) electrons. The maximum absolute atomic E-state index is 12.0. The first-order chi connectivity index (χ1) is 9.01. The van der Waals surface area contributed by atoms with Gasteiger partial charge in [-0.05, 0) is 46.8 Å². The molecule has 0 fully saturated rings. The lowest BCUT2D eigenvalue weighted by Gasteiger charge is -2.22. The smallest absolute Gasteiger partial charge is 0.337 e. The molecular weight excluding hydrogens is 280 g/mol. The molecule has 1 atom stereocenters. The highest BCUT2D eigenvalue weighted by molar-refractivity contribution is 7.86. The number of ether oxygens (including phenoxy) is 1. The van der Waals surface area contributed by atoms with Gasteiger partial charge in [-0.2, -0.15) is 8.42 Å². The molecule has 0 heterocycles. The number of carbonyl (C=O) groups is 1. The van der Waals surface area contributed by atoms with Crippen LogP contribution in [0.15, 0.2) is 29.2 Å². The largest absolute Gasteiger partial charge is 0.458 e. The van der Waals surface area contributed by atoms with Crippen molar-refractivity contribution in [2.24, 2.45) is 0 Å². The molecule has 0 bridgehead atoms. The van der Waals surface area contributed by atoms with Crippen LogP contribution in [0.2, 0.25) is 0 Å². The van der Waals surface area contributed by atoms with Gasteiger partial charge in [0.1, 0.15) is 5.60 Å². The Labute approximate surface area is 120 Å². The summed E-state index contributed by atoms with van der Waals surface area (Å²) in [5.41, 5.74) is 0.242. The molecule has 0 amide bonds. The van der Waals surface area contributed by atoms with Crippen molar-refractivity contribution in [3.63, 3.8) is 0 Å². The molecule has 0 aliphatic rings. The minimum atomic E-state index is -3.98. The summed E-state index contributed by atoms with van der Waals surface area (Å²) in [4.78, 5) is 11.7. The summed E-state index contributed by atoms with van der Waals surface area (Å²) < 4.78 is 33.9. The lowest BCUT2D eigenvalue weighted by molar-refractivity contribution is -0.162. The van der Waals surface area contributed by atoms with Gasteiger partial charge >= 0.3 is 5.97 Å². The van der Waals surface area contributed by atoms with Gasteiger partial charge in [0.2, 0.25) is 0 Å². The van der Waals surface area contributed by atoms with Crippen LogP contribution in [0.4, 0.5) is 0 Å². The van der Waals surface area contributed by atoms with Crippen molar-refractivity contribution in [2.45, 2.75) is 51.2 Å². The SMILES string of the molecule is Cc1ccc(S(=O)(=O)O[C@@H](C)C(=O)OC(C)(C)C)cc1. The first kappa shape index (κ1) is 16.7. The fourth-order valence-electron chi connectivity index (χ4n) is 1.37. The second-order valence-corrected chi connectivity index (χ2v) is 7.11. The number of hydrogen-bond acceptors (Lipinski definition) is 5. The first-order valence-electron chi connectivity index (χ1n) is 6.24. The molecule has 5 nitrogen and oxygen atoms in total. The number of carbonyl (C=O) groups excluding carboxylic acids is 1. The Balaban J connectivity index is 2.81. The predicted octanol–water partition coefficient (Wildman–Crippen LogP) is 2.43. The van der Waals surface area contributed by atoms with Gasteiger partial charge < -0.3 is 4.74 Å². The van der Waals surface area contributed by atoms with Gasteiger partial charge in [0.15, 0.2) is 6.10 Å². The number of rotatable bonds is 4. The summed E-state index contributed by atoms with van der Waals surface area (Å²) >= 11 is 0. The highest BCUT2D eigenvalue weighted by Gasteiger charge is 2.27. The Kier molecular flexibility index (Phi) is 4.94. The zero-order valence-corrected chi connectivity index (χ0v) is 13.2. The van der Waals surface area contributed by atoms with Crippen LogP contribution < -0.4 is 0 Å². The van der Waals surface area contributed by atoms with Crippen LogP contribution in [0.1, 0.15) is 33.3 Å². The average Bonchev–Trinajstić information content (AvgIpc) is 2.26. The van der Waals surface area contributed by atoms with E-state index in [9.17, 15) is 13.2 Å². The molecular formula is C14H20O5S. The molecule has 0 N–H and O–H groups in total. The maximum atomic E-state index is 12.0. The summed E-state index contributed by atoms with van der Waals surface area (Å²) in [6.45, 7) is 8.30. The molecule has 1 rings (SSSR count). The van der Waals surface area contributed by atoms with Gasteiger partial charge in [0, 0.05) is 0 Å². The van der Waals surface area contributed by atoms with Crippen molar-refractivity contribution < 1.29 is 22.1 Å². The van der Waals surface area contributed by atoms with Gasteiger partial charge in [0.25, 0.3) is 10.1 Å². The second-order valence-electron chi connectivity index (χ2n) is 5.54. The first-order valence-corrected chi connectivity index (χ1v) is 7.65. The minimum absolute atomic E-state index is 0.0125. The van der Waals surface area contributed by atoms with E-state index in [1.54, 1.807) is 32.9 Å². The molecule has 0 aliphatic carbocycles. The Morgan fingerprint density at radius 1 is 1.15 bits per heavy atom. The Hall–Kier alpha value is -1.40. The predicted molar refractivity (Wildman–Crippen MR) is 74.8 cm³/mol. The van der Waals surface area contributed by atoms with Gasteiger partial charge in [-0.1, -0.05) is 17.7 Å². The molecule has 0 unspecified atom stereocenters. The molecule has 20 heavy (non-hydrogen) atoms. The van der Waals surface area contributed by atoms with Gasteiger partial charge in [-0.25, -0.2) is 4.79 Å². The van der Waals surface area contributed by atoms with E-state index in [4.69, 9.17) is 8.92 Å². The molecule has 1 aromatic rings. The van der Waals surface area contributed by atoms with Crippen LogP contribution in [0, 0.1) is 6.92 Å². The number of benzene rings is 1. The Morgan fingerprint density at radius 3 is 2.10 bits per heavy atom. The van der Waals surface area contributed by atoms with Gasteiger partial charge in [0.05, 0.1) is 4.90 Å². The third kappa shape index (κ3) is 4.94. The van der Waals surface area contributed by atoms with Crippen molar-refractivity contribution in [1.82, 2.24) is 0 Å². The lowest BCUT2D eigenvalue weighted by Crippen LogP contribution is -2.33. The third-order valence-electron chi connectivity index (χ3n) is 2.32. The fourth-order valence-corrected chi connectivity index (χ4v) is 2.41. The summed E-state index contributed by atoms with van der Waals surface area (Å²) in [6, 6.07) is 6.20. The zero-order valence-electron chi connectivity index (χ0n) is 12.3. The monoisotopic (exact) mass is 300 g/mol. The van der Waals surface area contributed by atoms with Crippen molar-refractivity contribution in [3.05, 3.63) is 29.8 Å². The minimum Gasteiger partial charge on any atom is -0.458 e. The van der Waals surface area contributed by atoms with Crippen LogP contribution in [-0.4, -0.2) is 26.1 Å². The lowest BCUT2D eigenvalue weighted by atomic mass is 10.2. The second kappa shape index (κ2) is 5.93. The average molecular weight is 300 g/mol. The molecule has 0 saturated carbocycles. The summed E-state index contributed by atoms with van der Waals surface area (Å²) in [5, 5.41) is 0. The molecule has 112 valence electrons. The standard InChI is InChI=1S/C14H20O5S/c1-10-6-8-12(9-7-10)20(16,17)19-11(2)13(15)18-14(3,4)5/h6-9,11H,1-5H3/t11-/m0/s1. The van der Waals surface area contributed by atoms with Crippen LogP contribution >= 0.6 is 0 Å². The number of esters is 1. The third-order valence-corrected chi connectivity index (χ3v) is 3.71. The van der Waals surface area contributed by atoms with E-state index >= 15 is 0 Å². The molecule has 6 heteroatoms. The summed E-state index contributed by atoms with van der Waals surface area (Å²) in [5.74, 6) is -0.715.